The molecule has 2 fully saturated rings. The Labute approximate surface area is 134 Å². The van der Waals surface area contributed by atoms with Crippen molar-refractivity contribution in [2.75, 3.05) is 50.2 Å². The normalized spacial score (nSPS) is 20.6. The molecular formula is C18H29N3O. The van der Waals surface area contributed by atoms with Crippen molar-refractivity contribution < 1.29 is 4.74 Å². The van der Waals surface area contributed by atoms with Crippen LogP contribution in [0.1, 0.15) is 32.1 Å². The van der Waals surface area contributed by atoms with Crippen LogP contribution in [0.3, 0.4) is 0 Å². The Balaban J connectivity index is 1.32. The minimum absolute atomic E-state index is 0.823. The molecule has 2 aliphatic rings. The van der Waals surface area contributed by atoms with Crippen LogP contribution in [-0.4, -0.2) is 44.4 Å². The van der Waals surface area contributed by atoms with Crippen LogP contribution in [0, 0.1) is 5.92 Å². The molecule has 0 aliphatic carbocycles. The molecule has 0 radical (unpaired) electrons. The lowest BCUT2D eigenvalue weighted by Gasteiger charge is -2.33. The number of benzene rings is 1. The molecule has 0 amide bonds. The van der Waals surface area contributed by atoms with Crippen molar-refractivity contribution in [1.82, 2.24) is 4.90 Å². The van der Waals surface area contributed by atoms with E-state index in [0.717, 1.165) is 38.0 Å². The van der Waals surface area contributed by atoms with Crippen LogP contribution in [0.4, 0.5) is 11.4 Å². The molecular weight excluding hydrogens is 274 g/mol. The zero-order valence-corrected chi connectivity index (χ0v) is 13.5. The summed E-state index contributed by atoms with van der Waals surface area (Å²) in [5.41, 5.74) is 7.90. The molecule has 22 heavy (non-hydrogen) atoms. The first kappa shape index (κ1) is 15.6. The van der Waals surface area contributed by atoms with Crippen molar-refractivity contribution in [3.05, 3.63) is 24.3 Å². The predicted octanol–water partition coefficient (Wildman–Crippen LogP) is 2.95. The van der Waals surface area contributed by atoms with E-state index in [-0.39, 0.29) is 0 Å². The average Bonchev–Trinajstić information content (AvgIpc) is 3.06. The second-order valence-corrected chi connectivity index (χ2v) is 6.67. The Hall–Kier alpha value is -1.26. The van der Waals surface area contributed by atoms with E-state index in [1.54, 1.807) is 0 Å². The summed E-state index contributed by atoms with van der Waals surface area (Å²) in [5.74, 6) is 0.823. The fraction of sp³-hybridized carbons (Fsp3) is 0.667. The van der Waals surface area contributed by atoms with Gasteiger partial charge in [-0.1, -0.05) is 0 Å². The van der Waals surface area contributed by atoms with Crippen molar-refractivity contribution in [1.29, 1.82) is 0 Å². The van der Waals surface area contributed by atoms with Gasteiger partial charge < -0.3 is 15.4 Å². The van der Waals surface area contributed by atoms with Crippen molar-refractivity contribution in [3.63, 3.8) is 0 Å². The van der Waals surface area contributed by atoms with Crippen molar-refractivity contribution in [3.8, 4) is 0 Å². The highest BCUT2D eigenvalue weighted by Crippen LogP contribution is 2.25. The highest BCUT2D eigenvalue weighted by atomic mass is 16.5. The number of nitrogens with zero attached hydrogens (tertiary/aromatic N) is 2. The third-order valence-corrected chi connectivity index (χ3v) is 5.02. The first-order valence-corrected chi connectivity index (χ1v) is 8.72. The SMILES string of the molecule is Nc1ccc(N2CCC(CCOCN3CCCC3)CC2)cc1. The number of hydrogen-bond donors (Lipinski definition) is 1. The third kappa shape index (κ3) is 4.37. The molecule has 0 atom stereocenters. The van der Waals surface area contributed by atoms with E-state index in [4.69, 9.17) is 10.5 Å². The number of likely N-dealkylation sites (tertiary alicyclic amines) is 1. The average molecular weight is 303 g/mol. The van der Waals surface area contributed by atoms with Crippen LogP contribution in [0.25, 0.3) is 0 Å². The Bertz CT molecular complexity index is 434. The molecule has 2 heterocycles. The standard InChI is InChI=1S/C18H29N3O/c19-17-3-5-18(6-4-17)21-12-7-16(8-13-21)9-14-22-15-20-10-1-2-11-20/h3-6,16H,1-2,7-15,19H2. The molecule has 122 valence electrons. The van der Waals surface area contributed by atoms with Gasteiger partial charge in [0.05, 0.1) is 6.73 Å². The number of nitrogens with two attached hydrogens (primary N) is 1. The lowest BCUT2D eigenvalue weighted by Crippen LogP contribution is -2.34. The number of rotatable bonds is 6. The molecule has 4 nitrogen and oxygen atoms in total. The fourth-order valence-electron chi connectivity index (χ4n) is 3.52. The van der Waals surface area contributed by atoms with Crippen molar-refractivity contribution in [2.24, 2.45) is 5.92 Å². The molecule has 2 aliphatic heterocycles. The minimum Gasteiger partial charge on any atom is -0.399 e. The largest absolute Gasteiger partial charge is 0.399 e. The van der Waals surface area contributed by atoms with E-state index < -0.39 is 0 Å². The van der Waals surface area contributed by atoms with Crippen molar-refractivity contribution in [2.45, 2.75) is 32.1 Å². The zero-order chi connectivity index (χ0) is 15.2. The molecule has 4 heteroatoms. The quantitative estimate of drug-likeness (QED) is 0.648. The molecule has 0 spiro atoms. The van der Waals surface area contributed by atoms with Crippen LogP contribution in [0.2, 0.25) is 0 Å². The topological polar surface area (TPSA) is 41.7 Å². The van der Waals surface area contributed by atoms with E-state index in [1.807, 2.05) is 12.1 Å². The zero-order valence-electron chi connectivity index (χ0n) is 13.5. The summed E-state index contributed by atoms with van der Waals surface area (Å²) in [7, 11) is 0. The van der Waals surface area contributed by atoms with Crippen LogP contribution in [0.15, 0.2) is 24.3 Å². The molecule has 2 saturated heterocycles. The highest BCUT2D eigenvalue weighted by molar-refractivity contribution is 5.53. The lowest BCUT2D eigenvalue weighted by molar-refractivity contribution is 0.0334. The van der Waals surface area contributed by atoms with Crippen LogP contribution in [0.5, 0.6) is 0 Å². The number of piperidine rings is 1. The van der Waals surface area contributed by atoms with Crippen LogP contribution < -0.4 is 10.6 Å². The highest BCUT2D eigenvalue weighted by Gasteiger charge is 2.19. The van der Waals surface area contributed by atoms with Gasteiger partial charge in [-0.3, -0.25) is 4.90 Å². The second kappa shape index (κ2) is 7.84. The van der Waals surface area contributed by atoms with Gasteiger partial charge in [-0.05, 0) is 62.3 Å². The van der Waals surface area contributed by atoms with E-state index in [1.165, 1.54) is 50.9 Å². The van der Waals surface area contributed by atoms with Gasteiger partial charge in [0.2, 0.25) is 0 Å². The Morgan fingerprint density at radius 3 is 2.36 bits per heavy atom. The van der Waals surface area contributed by atoms with Gasteiger partial charge in [-0.25, -0.2) is 0 Å². The van der Waals surface area contributed by atoms with Gasteiger partial charge in [0.25, 0.3) is 0 Å². The van der Waals surface area contributed by atoms with Gasteiger partial charge >= 0.3 is 0 Å². The molecule has 0 aromatic heterocycles. The Kier molecular flexibility index (Phi) is 5.57. The van der Waals surface area contributed by atoms with Gasteiger partial charge in [-0.15, -0.1) is 0 Å². The van der Waals surface area contributed by atoms with Crippen LogP contribution in [-0.2, 0) is 4.74 Å². The molecule has 0 unspecified atom stereocenters. The molecule has 0 bridgehead atoms. The van der Waals surface area contributed by atoms with Gasteiger partial charge in [0.1, 0.15) is 0 Å². The maximum absolute atomic E-state index is 5.84. The smallest absolute Gasteiger partial charge is 0.0990 e. The van der Waals surface area contributed by atoms with E-state index >= 15 is 0 Å². The molecule has 1 aromatic carbocycles. The van der Waals surface area contributed by atoms with E-state index in [2.05, 4.69) is 21.9 Å². The Morgan fingerprint density at radius 1 is 1.00 bits per heavy atom. The Morgan fingerprint density at radius 2 is 1.68 bits per heavy atom. The second-order valence-electron chi connectivity index (χ2n) is 6.67. The van der Waals surface area contributed by atoms with Gasteiger partial charge in [0, 0.05) is 44.2 Å². The summed E-state index contributed by atoms with van der Waals surface area (Å²) in [5, 5.41) is 0. The fourth-order valence-corrected chi connectivity index (χ4v) is 3.52. The number of anilines is 2. The summed E-state index contributed by atoms with van der Waals surface area (Å²) >= 11 is 0. The van der Waals surface area contributed by atoms with Gasteiger partial charge in [0.15, 0.2) is 0 Å². The summed E-state index contributed by atoms with van der Waals surface area (Å²) in [6.45, 7) is 6.51. The van der Waals surface area contributed by atoms with E-state index in [9.17, 15) is 0 Å². The molecule has 0 saturated carbocycles. The van der Waals surface area contributed by atoms with E-state index in [0.29, 0.717) is 0 Å². The van der Waals surface area contributed by atoms with Crippen LogP contribution >= 0.6 is 0 Å². The maximum atomic E-state index is 5.84. The molecule has 1 aromatic rings. The molecule has 3 rings (SSSR count). The summed E-state index contributed by atoms with van der Waals surface area (Å²) in [4.78, 5) is 4.89. The lowest BCUT2D eigenvalue weighted by atomic mass is 9.93. The summed E-state index contributed by atoms with van der Waals surface area (Å²) < 4.78 is 5.84. The first-order valence-electron chi connectivity index (χ1n) is 8.72. The summed E-state index contributed by atoms with van der Waals surface area (Å²) in [6, 6.07) is 8.25. The number of hydrogen-bond acceptors (Lipinski definition) is 4. The number of nitrogen functional groups attached to an aromatic ring is 1. The predicted molar refractivity (Wildman–Crippen MR) is 92.0 cm³/mol. The monoisotopic (exact) mass is 303 g/mol. The minimum atomic E-state index is 0.823. The van der Waals surface area contributed by atoms with Crippen molar-refractivity contribution >= 4 is 11.4 Å². The van der Waals surface area contributed by atoms with Gasteiger partial charge in [-0.2, -0.15) is 0 Å². The number of ether oxygens (including phenoxy) is 1. The molecule has 2 N–H and O–H groups in total. The third-order valence-electron chi connectivity index (χ3n) is 5.02. The summed E-state index contributed by atoms with van der Waals surface area (Å²) in [6.07, 6.45) is 6.44. The maximum Gasteiger partial charge on any atom is 0.0990 e. The first-order chi connectivity index (χ1) is 10.8.